The number of hydrogen-bond donors (Lipinski definition) is 1. The molecular formula is C23H25NO5S. The van der Waals surface area contributed by atoms with Gasteiger partial charge in [0, 0.05) is 0 Å². The molecule has 0 bridgehead atoms. The van der Waals surface area contributed by atoms with Gasteiger partial charge in [-0.05, 0) is 43.3 Å². The number of aryl methyl sites for hydroxylation is 1. The predicted octanol–water partition coefficient (Wildman–Crippen LogP) is 3.64. The van der Waals surface area contributed by atoms with Crippen LogP contribution in [0.2, 0.25) is 0 Å². The first-order valence-corrected chi connectivity index (χ1v) is 10.9. The van der Waals surface area contributed by atoms with Crippen LogP contribution in [0.25, 0.3) is 0 Å². The van der Waals surface area contributed by atoms with Gasteiger partial charge in [0.1, 0.15) is 24.2 Å². The third kappa shape index (κ3) is 5.11. The number of anilines is 1. The molecule has 6 nitrogen and oxygen atoms in total. The molecule has 0 heterocycles. The van der Waals surface area contributed by atoms with Crippen molar-refractivity contribution in [3.05, 3.63) is 84.4 Å². The number of ether oxygens (including phenoxy) is 2. The first-order chi connectivity index (χ1) is 14.4. The molecule has 0 spiro atoms. The summed E-state index contributed by atoms with van der Waals surface area (Å²) < 4.78 is 38.9. The molecule has 0 aliphatic heterocycles. The Kier molecular flexibility index (Phi) is 6.97. The Bertz CT molecular complexity index is 1050. The quantitative estimate of drug-likeness (QED) is 0.564. The molecule has 1 atom stereocenters. The summed E-state index contributed by atoms with van der Waals surface area (Å²) in [4.78, 5) is 0.127. The Hall–Kier alpha value is -3.03. The average Bonchev–Trinajstić information content (AvgIpc) is 2.77. The van der Waals surface area contributed by atoms with Gasteiger partial charge in [0.2, 0.25) is 0 Å². The molecule has 0 unspecified atom stereocenters. The molecule has 158 valence electrons. The van der Waals surface area contributed by atoms with Crippen LogP contribution < -0.4 is 13.8 Å². The van der Waals surface area contributed by atoms with Crippen LogP contribution in [0, 0.1) is 6.92 Å². The van der Waals surface area contributed by atoms with Crippen LogP contribution in [0.1, 0.15) is 5.56 Å². The lowest BCUT2D eigenvalue weighted by Gasteiger charge is -2.28. The summed E-state index contributed by atoms with van der Waals surface area (Å²) in [5, 5.41) is 10.6. The fourth-order valence-corrected chi connectivity index (χ4v) is 4.49. The van der Waals surface area contributed by atoms with Crippen molar-refractivity contribution >= 4 is 15.7 Å². The maximum absolute atomic E-state index is 13.4. The summed E-state index contributed by atoms with van der Waals surface area (Å²) in [5.74, 6) is 0.998. The second-order valence-electron chi connectivity index (χ2n) is 6.80. The van der Waals surface area contributed by atoms with Crippen LogP contribution in [0.5, 0.6) is 11.5 Å². The van der Waals surface area contributed by atoms with Crippen molar-refractivity contribution in [3.63, 3.8) is 0 Å². The summed E-state index contributed by atoms with van der Waals surface area (Å²) in [5.41, 5.74) is 1.44. The standard InChI is InChI=1S/C23H25NO5S/c1-18-12-14-20(15-13-18)29-17-19(25)16-24(22-10-6-7-11-23(22)28-2)30(26,27)21-8-4-3-5-9-21/h3-15,19,25H,16-17H2,1-2H3/t19-/m1/s1. The van der Waals surface area contributed by atoms with E-state index in [1.165, 1.54) is 19.2 Å². The fourth-order valence-electron chi connectivity index (χ4n) is 2.95. The predicted molar refractivity (Wildman–Crippen MR) is 117 cm³/mol. The minimum atomic E-state index is -3.93. The first kappa shape index (κ1) is 21.7. The van der Waals surface area contributed by atoms with Crippen molar-refractivity contribution in [1.82, 2.24) is 0 Å². The Labute approximate surface area is 177 Å². The molecule has 30 heavy (non-hydrogen) atoms. The zero-order valence-electron chi connectivity index (χ0n) is 16.9. The lowest BCUT2D eigenvalue weighted by molar-refractivity contribution is 0.115. The molecule has 0 radical (unpaired) electrons. The molecular weight excluding hydrogens is 402 g/mol. The van der Waals surface area contributed by atoms with Crippen LogP contribution in [0.15, 0.2) is 83.8 Å². The van der Waals surface area contributed by atoms with Gasteiger partial charge in [-0.15, -0.1) is 0 Å². The van der Waals surface area contributed by atoms with Crippen molar-refractivity contribution in [1.29, 1.82) is 0 Å². The average molecular weight is 428 g/mol. The number of rotatable bonds is 9. The SMILES string of the molecule is COc1ccccc1N(C[C@@H](O)COc1ccc(C)cc1)S(=O)(=O)c1ccccc1. The molecule has 0 aromatic heterocycles. The Balaban J connectivity index is 1.87. The Morgan fingerprint density at radius 1 is 0.933 bits per heavy atom. The van der Waals surface area contributed by atoms with E-state index in [4.69, 9.17) is 9.47 Å². The molecule has 0 fully saturated rings. The van der Waals surface area contributed by atoms with E-state index >= 15 is 0 Å². The van der Waals surface area contributed by atoms with E-state index in [0.717, 1.165) is 9.87 Å². The number of aliphatic hydroxyl groups is 1. The minimum absolute atomic E-state index is 0.0565. The number of hydrogen-bond acceptors (Lipinski definition) is 5. The summed E-state index contributed by atoms with van der Waals surface area (Å²) in [6.45, 7) is 1.72. The topological polar surface area (TPSA) is 76.1 Å². The third-order valence-electron chi connectivity index (χ3n) is 4.53. The molecule has 0 amide bonds. The van der Waals surface area contributed by atoms with Gasteiger partial charge < -0.3 is 14.6 Å². The first-order valence-electron chi connectivity index (χ1n) is 9.50. The lowest BCUT2D eigenvalue weighted by atomic mass is 10.2. The van der Waals surface area contributed by atoms with Crippen molar-refractivity contribution in [3.8, 4) is 11.5 Å². The summed E-state index contributed by atoms with van der Waals surface area (Å²) in [7, 11) is -2.46. The van der Waals surface area contributed by atoms with Gasteiger partial charge in [0.25, 0.3) is 10.0 Å². The van der Waals surface area contributed by atoms with Gasteiger partial charge in [-0.25, -0.2) is 8.42 Å². The monoisotopic (exact) mass is 427 g/mol. The molecule has 3 aromatic rings. The van der Waals surface area contributed by atoms with Crippen LogP contribution in [-0.2, 0) is 10.0 Å². The fraction of sp³-hybridized carbons (Fsp3) is 0.217. The van der Waals surface area contributed by atoms with Crippen LogP contribution in [-0.4, -0.2) is 39.9 Å². The van der Waals surface area contributed by atoms with Crippen molar-refractivity contribution in [2.75, 3.05) is 24.6 Å². The van der Waals surface area contributed by atoms with Gasteiger partial charge in [0.15, 0.2) is 0 Å². The maximum atomic E-state index is 13.4. The van der Waals surface area contributed by atoms with Gasteiger partial charge >= 0.3 is 0 Å². The summed E-state index contributed by atoms with van der Waals surface area (Å²) in [6.07, 6.45) is -1.06. The number of para-hydroxylation sites is 2. The second-order valence-corrected chi connectivity index (χ2v) is 8.66. The minimum Gasteiger partial charge on any atom is -0.495 e. The molecule has 1 N–H and O–H groups in total. The third-order valence-corrected chi connectivity index (χ3v) is 6.32. The van der Waals surface area contributed by atoms with Gasteiger partial charge in [-0.1, -0.05) is 48.0 Å². The number of nitrogens with zero attached hydrogens (tertiary/aromatic N) is 1. The van der Waals surface area contributed by atoms with Crippen molar-refractivity contribution < 1.29 is 23.0 Å². The van der Waals surface area contributed by atoms with Crippen LogP contribution >= 0.6 is 0 Å². The van der Waals surface area contributed by atoms with Gasteiger partial charge in [-0.3, -0.25) is 4.31 Å². The van der Waals surface area contributed by atoms with E-state index in [1.54, 1.807) is 54.6 Å². The van der Waals surface area contributed by atoms with E-state index < -0.39 is 16.1 Å². The normalized spacial score (nSPS) is 12.2. The van der Waals surface area contributed by atoms with E-state index in [1.807, 2.05) is 19.1 Å². The van der Waals surface area contributed by atoms with E-state index in [-0.39, 0.29) is 18.0 Å². The van der Waals surface area contributed by atoms with Crippen LogP contribution in [0.3, 0.4) is 0 Å². The van der Waals surface area contributed by atoms with E-state index in [2.05, 4.69) is 0 Å². The van der Waals surface area contributed by atoms with Crippen molar-refractivity contribution in [2.45, 2.75) is 17.9 Å². The van der Waals surface area contributed by atoms with E-state index in [0.29, 0.717) is 17.2 Å². The van der Waals surface area contributed by atoms with Gasteiger partial charge in [0.05, 0.1) is 24.2 Å². The van der Waals surface area contributed by atoms with E-state index in [9.17, 15) is 13.5 Å². The van der Waals surface area contributed by atoms with Crippen molar-refractivity contribution in [2.24, 2.45) is 0 Å². The molecule has 0 aliphatic rings. The highest BCUT2D eigenvalue weighted by molar-refractivity contribution is 7.92. The molecule has 7 heteroatoms. The smallest absolute Gasteiger partial charge is 0.264 e. The Morgan fingerprint density at radius 2 is 1.57 bits per heavy atom. The molecule has 0 saturated heterocycles. The zero-order chi connectivity index (χ0) is 21.6. The number of methoxy groups -OCH3 is 1. The number of aliphatic hydroxyl groups excluding tert-OH is 1. The Morgan fingerprint density at radius 3 is 2.23 bits per heavy atom. The zero-order valence-corrected chi connectivity index (χ0v) is 17.7. The largest absolute Gasteiger partial charge is 0.495 e. The highest BCUT2D eigenvalue weighted by atomic mass is 32.2. The molecule has 3 aromatic carbocycles. The molecule has 0 saturated carbocycles. The molecule has 0 aliphatic carbocycles. The van der Waals surface area contributed by atoms with Gasteiger partial charge in [-0.2, -0.15) is 0 Å². The second kappa shape index (κ2) is 9.65. The summed E-state index contributed by atoms with van der Waals surface area (Å²) >= 11 is 0. The summed E-state index contributed by atoms with van der Waals surface area (Å²) in [6, 6.07) is 22.3. The lowest BCUT2D eigenvalue weighted by Crippen LogP contribution is -2.40. The highest BCUT2D eigenvalue weighted by Gasteiger charge is 2.29. The molecule has 3 rings (SSSR count). The van der Waals surface area contributed by atoms with Crippen LogP contribution in [0.4, 0.5) is 5.69 Å². The number of sulfonamides is 1. The highest BCUT2D eigenvalue weighted by Crippen LogP contribution is 2.32. The maximum Gasteiger partial charge on any atom is 0.264 e. The number of benzene rings is 3.